The van der Waals surface area contributed by atoms with Gasteiger partial charge in [-0.05, 0) is 0 Å². The van der Waals surface area contributed by atoms with Gasteiger partial charge in [0.25, 0.3) is 0 Å². The van der Waals surface area contributed by atoms with Gasteiger partial charge in [0.2, 0.25) is 0 Å². The molecule has 1 aliphatic rings. The molecule has 1 heterocycles. The van der Waals surface area contributed by atoms with Crippen LogP contribution in [-0.4, -0.2) is 60.1 Å². The molecule has 13 heavy (non-hydrogen) atoms. The van der Waals surface area contributed by atoms with Gasteiger partial charge in [-0.25, -0.2) is 0 Å². The van der Waals surface area contributed by atoms with Gasteiger partial charge in [-0.2, -0.15) is 4.91 Å². The quantitative estimate of drug-likeness (QED) is 0.341. The molecule has 0 amide bonds. The Labute approximate surface area is 75.9 Å². The molecule has 0 unspecified atom stereocenters. The van der Waals surface area contributed by atoms with Crippen LogP contribution in [0.4, 0.5) is 0 Å². The van der Waals surface area contributed by atoms with Crippen LogP contribution in [-0.2, 0) is 4.74 Å². The molecule has 0 spiro atoms. The minimum Gasteiger partial charge on any atom is -0.393 e. The van der Waals surface area contributed by atoms with Gasteiger partial charge < -0.3 is 20.1 Å². The van der Waals surface area contributed by atoms with E-state index in [1.807, 2.05) is 0 Å². The Hall–Kier alpha value is -0.495. The first-order chi connectivity index (χ1) is 6.07. The molecule has 72 valence electrons. The first-order valence-electron chi connectivity index (χ1n) is 3.77. The molecule has 3 N–H and O–H groups in total. The molecule has 1 fully saturated rings. The van der Waals surface area contributed by atoms with Gasteiger partial charge in [0.15, 0.2) is 0 Å². The minimum absolute atomic E-state index is 0.449. The molecule has 1 saturated heterocycles. The van der Waals surface area contributed by atoms with E-state index in [1.165, 1.54) is 0 Å². The minimum atomic E-state index is -1.55. The number of hydrogen-bond acceptors (Lipinski definition) is 6. The van der Waals surface area contributed by atoms with Crippen LogP contribution in [0.5, 0.6) is 0 Å². The third-order valence-electron chi connectivity index (χ3n) is 2.17. The fraction of sp³-hybridized carbons (Fsp3) is 1.00. The monoisotopic (exact) mass is 187 g/mol. The summed E-state index contributed by atoms with van der Waals surface area (Å²) in [7, 11) is 5.26. The van der Waals surface area contributed by atoms with Crippen molar-refractivity contribution in [3.05, 3.63) is 4.91 Å². The third-order valence-corrected chi connectivity index (χ3v) is 2.17. The van der Waals surface area contributed by atoms with Crippen molar-refractivity contribution in [2.24, 2.45) is 5.18 Å². The van der Waals surface area contributed by atoms with Crippen molar-refractivity contribution >= 4 is 7.85 Å². The van der Waals surface area contributed by atoms with Gasteiger partial charge in [0.1, 0.15) is 32.2 Å². The Kier molecular flexibility index (Phi) is 3.02. The zero-order chi connectivity index (χ0) is 10.1. The van der Waals surface area contributed by atoms with E-state index in [-0.39, 0.29) is 0 Å². The van der Waals surface area contributed by atoms with Gasteiger partial charge in [-0.3, -0.25) is 0 Å². The van der Waals surface area contributed by atoms with Gasteiger partial charge in [-0.15, -0.1) is 0 Å². The van der Waals surface area contributed by atoms with Crippen LogP contribution < -0.4 is 0 Å². The molecular weight excluding hydrogens is 177 g/mol. The Bertz CT molecular complexity index is 203. The van der Waals surface area contributed by atoms with E-state index in [0.29, 0.717) is 0 Å². The summed E-state index contributed by atoms with van der Waals surface area (Å²) in [6.07, 6.45) is -2.71. The van der Waals surface area contributed by atoms with Crippen molar-refractivity contribution in [2.45, 2.75) is 23.8 Å². The van der Waals surface area contributed by atoms with E-state index >= 15 is 0 Å². The van der Waals surface area contributed by atoms with Crippen molar-refractivity contribution in [3.8, 4) is 0 Å². The van der Waals surface area contributed by atoms with Crippen LogP contribution in [0, 0.1) is 4.91 Å². The van der Waals surface area contributed by atoms with Gasteiger partial charge >= 0.3 is 0 Å². The second-order valence-corrected chi connectivity index (χ2v) is 3.03. The van der Waals surface area contributed by atoms with Crippen molar-refractivity contribution in [1.29, 1.82) is 0 Å². The molecule has 6 nitrogen and oxygen atoms in total. The summed E-state index contributed by atoms with van der Waals surface area (Å²) in [5.41, 5.74) is -1.55. The molecule has 0 aliphatic carbocycles. The van der Waals surface area contributed by atoms with Crippen molar-refractivity contribution < 1.29 is 20.1 Å². The van der Waals surface area contributed by atoms with E-state index in [0.717, 1.165) is 0 Å². The summed E-state index contributed by atoms with van der Waals surface area (Å²) in [5.74, 6) is 0. The summed E-state index contributed by atoms with van der Waals surface area (Å²) >= 11 is 0. The highest BCUT2D eigenvalue weighted by Crippen LogP contribution is 2.30. The largest absolute Gasteiger partial charge is 0.393 e. The standard InChI is InChI=1S/C6H10BNO5/c7-5-3(10)4(11)6(2-9,13-5)1-8-12/h3-5,9-11H,1-2H2/t3-,4+,5-,6-/m1/s1. The summed E-state index contributed by atoms with van der Waals surface area (Å²) in [5, 5.41) is 30.0. The van der Waals surface area contributed by atoms with E-state index in [9.17, 15) is 15.1 Å². The molecule has 1 aliphatic heterocycles. The van der Waals surface area contributed by atoms with Crippen molar-refractivity contribution in [2.75, 3.05) is 13.2 Å². The molecule has 0 saturated carbocycles. The van der Waals surface area contributed by atoms with E-state index in [1.54, 1.807) is 0 Å². The van der Waals surface area contributed by atoms with Crippen molar-refractivity contribution in [1.82, 2.24) is 0 Å². The van der Waals surface area contributed by atoms with Crippen LogP contribution in [0.25, 0.3) is 0 Å². The van der Waals surface area contributed by atoms with Crippen LogP contribution in [0.2, 0.25) is 0 Å². The predicted molar refractivity (Wildman–Crippen MR) is 43.1 cm³/mol. The lowest BCUT2D eigenvalue weighted by Gasteiger charge is -2.26. The maximum Gasteiger partial charge on any atom is 0.142 e. The van der Waals surface area contributed by atoms with Crippen molar-refractivity contribution in [3.63, 3.8) is 0 Å². The molecule has 4 atom stereocenters. The third kappa shape index (κ3) is 1.60. The summed E-state index contributed by atoms with van der Waals surface area (Å²) < 4.78 is 4.90. The predicted octanol–water partition coefficient (Wildman–Crippen LogP) is -2.27. The Balaban J connectivity index is 2.82. The average Bonchev–Trinajstić information content (AvgIpc) is 2.32. The fourth-order valence-corrected chi connectivity index (χ4v) is 1.32. The highest BCUT2D eigenvalue weighted by Gasteiger charge is 2.52. The van der Waals surface area contributed by atoms with E-state index < -0.39 is 37.0 Å². The molecule has 0 aromatic rings. The van der Waals surface area contributed by atoms with Crippen LogP contribution in [0.1, 0.15) is 0 Å². The normalized spacial score (nSPS) is 45.0. The molecule has 0 aromatic carbocycles. The topological polar surface area (TPSA) is 99.4 Å². The lowest BCUT2D eigenvalue weighted by Crippen LogP contribution is -2.48. The highest BCUT2D eigenvalue weighted by atomic mass is 16.6. The second-order valence-electron chi connectivity index (χ2n) is 3.03. The first kappa shape index (κ1) is 10.6. The zero-order valence-electron chi connectivity index (χ0n) is 6.83. The maximum atomic E-state index is 10.0. The number of aliphatic hydroxyl groups excluding tert-OH is 3. The van der Waals surface area contributed by atoms with E-state index in [4.69, 9.17) is 17.7 Å². The van der Waals surface area contributed by atoms with Gasteiger partial charge in [0.05, 0.1) is 6.61 Å². The number of rotatable bonds is 3. The first-order valence-corrected chi connectivity index (χ1v) is 3.77. The van der Waals surface area contributed by atoms with Gasteiger partial charge in [-0.1, -0.05) is 5.18 Å². The SMILES string of the molecule is [B][C@@H]1O[C@@](CO)(CN=O)[C@@H](O)[C@H]1O. The maximum absolute atomic E-state index is 10.0. The smallest absolute Gasteiger partial charge is 0.142 e. The van der Waals surface area contributed by atoms with E-state index in [2.05, 4.69) is 5.18 Å². The fourth-order valence-electron chi connectivity index (χ4n) is 1.32. The molecule has 0 bridgehead atoms. The molecule has 7 heteroatoms. The number of nitrogens with zero attached hydrogens (tertiary/aromatic N) is 1. The molecule has 1 rings (SSSR count). The van der Waals surface area contributed by atoms with Crippen LogP contribution in [0.15, 0.2) is 5.18 Å². The molecular formula is C6H10BNO5. The lowest BCUT2D eigenvalue weighted by atomic mass is 9.89. The zero-order valence-corrected chi connectivity index (χ0v) is 6.83. The lowest BCUT2D eigenvalue weighted by molar-refractivity contribution is -0.0926. The summed E-state index contributed by atoms with van der Waals surface area (Å²) in [6, 6.07) is -1.11. The molecule has 0 aromatic heterocycles. The number of nitroso groups, excluding NO2 is 1. The molecule has 2 radical (unpaired) electrons. The number of aliphatic hydroxyl groups is 3. The Morgan fingerprint density at radius 3 is 2.46 bits per heavy atom. The number of ether oxygens (including phenoxy) is 1. The summed E-state index contributed by atoms with van der Waals surface area (Å²) in [6.45, 7) is -1.07. The highest BCUT2D eigenvalue weighted by molar-refractivity contribution is 6.11. The van der Waals surface area contributed by atoms with Crippen LogP contribution >= 0.6 is 0 Å². The Morgan fingerprint density at radius 2 is 2.15 bits per heavy atom. The Morgan fingerprint density at radius 1 is 1.54 bits per heavy atom. The average molecular weight is 187 g/mol. The second kappa shape index (κ2) is 3.71. The van der Waals surface area contributed by atoms with Gasteiger partial charge in [0, 0.05) is 6.00 Å². The summed E-state index contributed by atoms with van der Waals surface area (Å²) in [4.78, 5) is 10.0. The van der Waals surface area contributed by atoms with Crippen LogP contribution in [0.3, 0.4) is 0 Å². The number of hydrogen-bond donors (Lipinski definition) is 3.